The number of nitrogens with zero attached hydrogens (tertiary/aromatic N) is 5. The Kier molecular flexibility index (Phi) is 12.1. The van der Waals surface area contributed by atoms with Crippen molar-refractivity contribution in [3.05, 3.63) is 107 Å². The molecule has 60 heavy (non-hydrogen) atoms. The number of ether oxygens (including phenoxy) is 2. The van der Waals surface area contributed by atoms with Crippen molar-refractivity contribution in [3.63, 3.8) is 0 Å². The van der Waals surface area contributed by atoms with Crippen molar-refractivity contribution in [1.29, 1.82) is 0 Å². The lowest BCUT2D eigenvalue weighted by Crippen LogP contribution is -2.54. The first kappa shape index (κ1) is 40.6. The van der Waals surface area contributed by atoms with E-state index in [9.17, 15) is 33.6 Å². The quantitative estimate of drug-likeness (QED) is 0.0659. The number of nitrogens with two attached hydrogens (primary N) is 2. The average molecular weight is 819 g/mol. The molecular weight excluding hydrogens is 780 g/mol. The van der Waals surface area contributed by atoms with Crippen LogP contribution in [0, 0.1) is 0 Å². The number of nitrogen functional groups attached to an aromatic ring is 1. The van der Waals surface area contributed by atoms with Gasteiger partial charge in [0.25, 0.3) is 29.5 Å². The van der Waals surface area contributed by atoms with Crippen molar-refractivity contribution < 1.29 is 47.5 Å². The SMILES string of the molecule is NC(=O)c1nn(-c2ccc(C(=O)NCCOCCOCCCc3cccc4c3C(=O)N(C3CCC(=O)NC3=O)C4=O)cc2)cc1NC(=O)c1coc(-c2ccnc(N)c2)n1. The fourth-order valence-corrected chi connectivity index (χ4v) is 6.64. The number of nitrogens with one attached hydrogen (secondary N) is 3. The number of piperidine rings is 1. The molecule has 0 radical (unpaired) electrons. The van der Waals surface area contributed by atoms with E-state index in [1.807, 2.05) is 0 Å². The number of aryl methyl sites for hydroxylation is 1. The molecule has 5 aromatic rings. The van der Waals surface area contributed by atoms with E-state index in [1.54, 1.807) is 48.5 Å². The van der Waals surface area contributed by atoms with E-state index in [0.717, 1.165) is 11.2 Å². The van der Waals surface area contributed by atoms with E-state index in [1.165, 1.54) is 23.1 Å². The minimum atomic E-state index is -1.02. The van der Waals surface area contributed by atoms with Crippen LogP contribution < -0.4 is 27.4 Å². The minimum Gasteiger partial charge on any atom is -0.444 e. The molecule has 7 rings (SSSR count). The number of carbonyl (C=O) groups excluding carboxylic acids is 7. The zero-order valence-corrected chi connectivity index (χ0v) is 31.8. The molecule has 0 saturated carbocycles. The summed E-state index contributed by atoms with van der Waals surface area (Å²) in [4.78, 5) is 97.2. The van der Waals surface area contributed by atoms with Crippen molar-refractivity contribution in [3.8, 4) is 17.1 Å². The number of aromatic nitrogens is 4. The van der Waals surface area contributed by atoms with Gasteiger partial charge in [-0.25, -0.2) is 14.6 Å². The fraction of sp³-hybridized carbons (Fsp3) is 0.250. The number of anilines is 2. The highest BCUT2D eigenvalue weighted by molar-refractivity contribution is 6.24. The third-order valence-electron chi connectivity index (χ3n) is 9.55. The maximum Gasteiger partial charge on any atom is 0.277 e. The van der Waals surface area contributed by atoms with Crippen molar-refractivity contribution in [2.24, 2.45) is 5.73 Å². The maximum absolute atomic E-state index is 13.3. The summed E-state index contributed by atoms with van der Waals surface area (Å²) in [5, 5.41) is 11.8. The van der Waals surface area contributed by atoms with Gasteiger partial charge in [0.2, 0.25) is 17.7 Å². The van der Waals surface area contributed by atoms with Gasteiger partial charge < -0.3 is 36.0 Å². The van der Waals surface area contributed by atoms with Crippen molar-refractivity contribution in [2.75, 3.05) is 44.0 Å². The summed E-state index contributed by atoms with van der Waals surface area (Å²) in [6, 6.07) is 13.5. The van der Waals surface area contributed by atoms with E-state index < -0.39 is 41.5 Å². The minimum absolute atomic E-state index is 0.0329. The van der Waals surface area contributed by atoms with E-state index in [4.69, 9.17) is 25.4 Å². The lowest BCUT2D eigenvalue weighted by atomic mass is 9.99. The van der Waals surface area contributed by atoms with Gasteiger partial charge >= 0.3 is 0 Å². The van der Waals surface area contributed by atoms with Gasteiger partial charge in [-0.2, -0.15) is 5.10 Å². The Labute approximate surface area is 340 Å². The van der Waals surface area contributed by atoms with Gasteiger partial charge in [-0.1, -0.05) is 12.1 Å². The summed E-state index contributed by atoms with van der Waals surface area (Å²) in [7, 11) is 0. The zero-order chi connectivity index (χ0) is 42.3. The number of rotatable bonds is 17. The molecule has 1 fully saturated rings. The van der Waals surface area contributed by atoms with Crippen LogP contribution in [0.4, 0.5) is 11.5 Å². The molecule has 20 heteroatoms. The first-order chi connectivity index (χ1) is 29.0. The first-order valence-corrected chi connectivity index (χ1v) is 18.7. The number of imide groups is 2. The molecular formula is C40H38N10O10. The van der Waals surface area contributed by atoms with Gasteiger partial charge in [0.05, 0.1) is 48.5 Å². The van der Waals surface area contributed by atoms with Crippen molar-refractivity contribution >= 4 is 52.9 Å². The van der Waals surface area contributed by atoms with Crippen LogP contribution >= 0.6 is 0 Å². The van der Waals surface area contributed by atoms with E-state index in [2.05, 4.69) is 31.0 Å². The molecule has 2 aromatic carbocycles. The summed E-state index contributed by atoms with van der Waals surface area (Å²) in [6.45, 7) is 1.40. The Balaban J connectivity index is 0.813. The maximum atomic E-state index is 13.3. The van der Waals surface area contributed by atoms with E-state index >= 15 is 0 Å². The van der Waals surface area contributed by atoms with Gasteiger partial charge in [0.1, 0.15) is 18.1 Å². The number of pyridine rings is 1. The standard InChI is InChI=1S/C40H38N10O10/c41-30-19-24(12-13-43-30)38-46-28(21-60-38)36(54)45-27-20-49(48-33(27)34(42)52)25-8-6-23(7-9-25)35(53)44-14-16-59-18-17-58-15-2-4-22-3-1-5-26-32(22)40(57)50(39(26)56)29-10-11-31(51)47-37(29)55/h1,3,5-9,12-13,19-21,29H,2,4,10-11,14-18H2,(H2,41,43)(H2,42,52)(H,44,53)(H,45,54)(H,47,51,55). The molecule has 3 aromatic heterocycles. The Morgan fingerprint density at radius 1 is 0.950 bits per heavy atom. The molecule has 308 valence electrons. The van der Waals surface area contributed by atoms with Crippen LogP contribution in [0.15, 0.2) is 77.7 Å². The molecule has 1 atom stereocenters. The molecule has 0 aliphatic carbocycles. The summed E-state index contributed by atoms with van der Waals surface area (Å²) in [6.07, 6.45) is 5.19. The van der Waals surface area contributed by atoms with Crippen LogP contribution in [0.25, 0.3) is 17.1 Å². The first-order valence-electron chi connectivity index (χ1n) is 18.7. The summed E-state index contributed by atoms with van der Waals surface area (Å²) in [5.41, 5.74) is 13.5. The summed E-state index contributed by atoms with van der Waals surface area (Å²) >= 11 is 0. The van der Waals surface area contributed by atoms with Crippen molar-refractivity contribution in [2.45, 2.75) is 31.7 Å². The van der Waals surface area contributed by atoms with Crippen LogP contribution in [0.5, 0.6) is 0 Å². The Morgan fingerprint density at radius 3 is 2.48 bits per heavy atom. The average Bonchev–Trinajstić information content (AvgIpc) is 3.96. The molecule has 0 spiro atoms. The summed E-state index contributed by atoms with van der Waals surface area (Å²) < 4.78 is 18.0. The second-order valence-electron chi connectivity index (χ2n) is 13.6. The zero-order valence-electron chi connectivity index (χ0n) is 31.8. The third kappa shape index (κ3) is 8.93. The molecule has 20 nitrogen and oxygen atoms in total. The van der Waals surface area contributed by atoms with Crippen LogP contribution in [0.1, 0.15) is 76.9 Å². The van der Waals surface area contributed by atoms with Gasteiger partial charge in [0.15, 0.2) is 11.4 Å². The highest BCUT2D eigenvalue weighted by Crippen LogP contribution is 2.30. The number of benzene rings is 2. The molecule has 7 amide bonds. The number of primary amides is 1. The van der Waals surface area contributed by atoms with Crippen LogP contribution in [-0.2, 0) is 25.5 Å². The molecule has 5 heterocycles. The Morgan fingerprint density at radius 2 is 1.73 bits per heavy atom. The predicted molar refractivity (Wildman–Crippen MR) is 210 cm³/mol. The van der Waals surface area contributed by atoms with Gasteiger partial charge in [-0.05, 0) is 67.3 Å². The van der Waals surface area contributed by atoms with Crippen LogP contribution in [0.2, 0.25) is 0 Å². The second kappa shape index (κ2) is 17.9. The van der Waals surface area contributed by atoms with Crippen molar-refractivity contribution in [1.82, 2.24) is 35.3 Å². The fourth-order valence-electron chi connectivity index (χ4n) is 6.64. The normalized spacial score (nSPS) is 14.9. The van der Waals surface area contributed by atoms with Crippen LogP contribution in [-0.4, -0.2) is 105 Å². The number of fused-ring (bicyclic) bond motifs is 1. The van der Waals surface area contributed by atoms with Crippen LogP contribution in [0.3, 0.4) is 0 Å². The van der Waals surface area contributed by atoms with E-state index in [0.29, 0.717) is 48.4 Å². The van der Waals surface area contributed by atoms with Gasteiger partial charge in [-0.15, -0.1) is 0 Å². The number of carbonyl (C=O) groups is 7. The largest absolute Gasteiger partial charge is 0.444 e. The molecule has 2 aliphatic rings. The van der Waals surface area contributed by atoms with Gasteiger partial charge in [-0.3, -0.25) is 43.8 Å². The molecule has 1 unspecified atom stereocenters. The molecule has 7 N–H and O–H groups in total. The van der Waals surface area contributed by atoms with Gasteiger partial charge in [0, 0.05) is 36.9 Å². The number of hydrogen-bond donors (Lipinski definition) is 5. The second-order valence-corrected chi connectivity index (χ2v) is 13.6. The molecule has 2 aliphatic heterocycles. The Bertz CT molecular complexity index is 2500. The molecule has 0 bridgehead atoms. The lowest BCUT2D eigenvalue weighted by molar-refractivity contribution is -0.136. The lowest BCUT2D eigenvalue weighted by Gasteiger charge is -2.27. The monoisotopic (exact) mass is 818 g/mol. The number of oxazole rings is 1. The smallest absolute Gasteiger partial charge is 0.277 e. The number of hydrogen-bond acceptors (Lipinski definition) is 14. The predicted octanol–water partition coefficient (Wildman–Crippen LogP) is 1.65. The highest BCUT2D eigenvalue weighted by Gasteiger charge is 2.45. The summed E-state index contributed by atoms with van der Waals surface area (Å²) in [5.74, 6) is -3.69. The third-order valence-corrected chi connectivity index (χ3v) is 9.55. The molecule has 1 saturated heterocycles. The van der Waals surface area contributed by atoms with E-state index in [-0.39, 0.29) is 78.4 Å². The topological polar surface area (TPSA) is 286 Å². The highest BCUT2D eigenvalue weighted by atomic mass is 16.5. The Hall–Kier alpha value is -7.58. The number of amides is 7.